The molecule has 0 unspecified atom stereocenters. The molecule has 0 spiro atoms. The number of halogens is 1. The molecule has 0 radical (unpaired) electrons. The molecule has 0 aliphatic heterocycles. The maximum absolute atomic E-state index is 11.2. The summed E-state index contributed by atoms with van der Waals surface area (Å²) in [6.45, 7) is 2.68. The van der Waals surface area contributed by atoms with Gasteiger partial charge in [0.05, 0.1) is 0 Å². The SMILES string of the molecule is CCCNC(=O)N/C=C/c1cccc(Cl)c1. The second kappa shape index (κ2) is 6.90. The van der Waals surface area contributed by atoms with E-state index in [0.717, 1.165) is 12.0 Å². The Hall–Kier alpha value is -1.48. The molecule has 0 aliphatic carbocycles. The summed E-state index contributed by atoms with van der Waals surface area (Å²) in [5.41, 5.74) is 0.947. The van der Waals surface area contributed by atoms with Gasteiger partial charge in [0, 0.05) is 17.8 Å². The number of urea groups is 1. The second-order valence-electron chi connectivity index (χ2n) is 3.29. The van der Waals surface area contributed by atoms with Crippen molar-refractivity contribution in [1.29, 1.82) is 0 Å². The molecule has 1 aromatic carbocycles. The summed E-state index contributed by atoms with van der Waals surface area (Å²) in [7, 11) is 0. The number of carbonyl (C=O) groups is 1. The van der Waals surface area contributed by atoms with Crippen LogP contribution in [-0.4, -0.2) is 12.6 Å². The topological polar surface area (TPSA) is 41.1 Å². The third-order valence-corrected chi connectivity index (χ3v) is 2.11. The Bertz CT molecular complexity index is 377. The third kappa shape index (κ3) is 4.84. The minimum atomic E-state index is -0.194. The van der Waals surface area contributed by atoms with Crippen LogP contribution in [0.1, 0.15) is 18.9 Å². The van der Waals surface area contributed by atoms with Crippen molar-refractivity contribution in [3.8, 4) is 0 Å². The second-order valence-corrected chi connectivity index (χ2v) is 3.73. The molecule has 4 heteroatoms. The normalized spacial score (nSPS) is 10.4. The lowest BCUT2D eigenvalue weighted by Crippen LogP contribution is -2.32. The van der Waals surface area contributed by atoms with Gasteiger partial charge in [-0.05, 0) is 30.2 Å². The third-order valence-electron chi connectivity index (χ3n) is 1.87. The average Bonchev–Trinajstić information content (AvgIpc) is 2.26. The molecular weight excluding hydrogens is 224 g/mol. The number of hydrogen-bond acceptors (Lipinski definition) is 1. The first kappa shape index (κ1) is 12.6. The molecule has 16 heavy (non-hydrogen) atoms. The zero-order valence-electron chi connectivity index (χ0n) is 9.16. The molecule has 0 saturated heterocycles. The van der Waals surface area contributed by atoms with E-state index in [0.29, 0.717) is 11.6 Å². The lowest BCUT2D eigenvalue weighted by Gasteiger charge is -2.01. The Morgan fingerprint density at radius 1 is 1.50 bits per heavy atom. The Labute approximate surface area is 100 Å². The van der Waals surface area contributed by atoms with Gasteiger partial charge in [0.25, 0.3) is 0 Å². The van der Waals surface area contributed by atoms with Gasteiger partial charge >= 0.3 is 6.03 Å². The van der Waals surface area contributed by atoms with E-state index in [9.17, 15) is 4.79 Å². The molecule has 0 saturated carbocycles. The Kier molecular flexibility index (Phi) is 5.43. The number of carbonyl (C=O) groups excluding carboxylic acids is 1. The summed E-state index contributed by atoms with van der Waals surface area (Å²) in [6, 6.07) is 7.21. The van der Waals surface area contributed by atoms with Crippen molar-refractivity contribution in [3.63, 3.8) is 0 Å². The van der Waals surface area contributed by atoms with Crippen LogP contribution in [0.3, 0.4) is 0 Å². The van der Waals surface area contributed by atoms with Gasteiger partial charge in [0.1, 0.15) is 0 Å². The van der Waals surface area contributed by atoms with Crippen LogP contribution in [0, 0.1) is 0 Å². The van der Waals surface area contributed by atoms with Gasteiger partial charge in [-0.2, -0.15) is 0 Å². The summed E-state index contributed by atoms with van der Waals surface area (Å²) in [5.74, 6) is 0. The number of benzene rings is 1. The maximum atomic E-state index is 11.2. The van der Waals surface area contributed by atoms with Crippen molar-refractivity contribution < 1.29 is 4.79 Å². The van der Waals surface area contributed by atoms with E-state index in [1.165, 1.54) is 0 Å². The van der Waals surface area contributed by atoms with Crippen LogP contribution in [0.25, 0.3) is 6.08 Å². The van der Waals surface area contributed by atoms with Crippen molar-refractivity contribution >= 4 is 23.7 Å². The molecule has 0 atom stereocenters. The summed E-state index contributed by atoms with van der Waals surface area (Å²) in [4.78, 5) is 11.2. The fraction of sp³-hybridized carbons (Fsp3) is 0.250. The van der Waals surface area contributed by atoms with Crippen LogP contribution in [0.5, 0.6) is 0 Å². The predicted molar refractivity (Wildman–Crippen MR) is 67.3 cm³/mol. The van der Waals surface area contributed by atoms with Crippen molar-refractivity contribution in [2.75, 3.05) is 6.54 Å². The standard InChI is InChI=1S/C12H15ClN2O/c1-2-7-14-12(16)15-8-6-10-4-3-5-11(13)9-10/h3-6,8-9H,2,7H2,1H3,(H2,14,15,16)/b8-6+. The van der Waals surface area contributed by atoms with E-state index < -0.39 is 0 Å². The molecule has 0 aliphatic rings. The summed E-state index contributed by atoms with van der Waals surface area (Å²) < 4.78 is 0. The van der Waals surface area contributed by atoms with E-state index >= 15 is 0 Å². The Balaban J connectivity index is 2.40. The van der Waals surface area contributed by atoms with Gasteiger partial charge in [-0.15, -0.1) is 0 Å². The van der Waals surface area contributed by atoms with E-state index in [4.69, 9.17) is 11.6 Å². The lowest BCUT2D eigenvalue weighted by atomic mass is 10.2. The first-order valence-electron chi connectivity index (χ1n) is 5.19. The van der Waals surface area contributed by atoms with Gasteiger partial charge in [-0.25, -0.2) is 4.79 Å². The molecule has 0 heterocycles. The van der Waals surface area contributed by atoms with E-state index in [1.54, 1.807) is 18.3 Å². The number of hydrogen-bond donors (Lipinski definition) is 2. The lowest BCUT2D eigenvalue weighted by molar-refractivity contribution is 0.244. The minimum absolute atomic E-state index is 0.194. The van der Waals surface area contributed by atoms with Gasteiger partial charge in [-0.3, -0.25) is 0 Å². The first-order valence-corrected chi connectivity index (χ1v) is 5.56. The van der Waals surface area contributed by atoms with Crippen molar-refractivity contribution in [2.45, 2.75) is 13.3 Å². The molecule has 2 N–H and O–H groups in total. The maximum Gasteiger partial charge on any atom is 0.318 e. The number of nitrogens with one attached hydrogen (secondary N) is 2. The highest BCUT2D eigenvalue weighted by molar-refractivity contribution is 6.30. The largest absolute Gasteiger partial charge is 0.338 e. The molecule has 86 valence electrons. The molecule has 0 aromatic heterocycles. The van der Waals surface area contributed by atoms with E-state index in [-0.39, 0.29) is 6.03 Å². The molecule has 1 aromatic rings. The van der Waals surface area contributed by atoms with Gasteiger partial charge in [0.15, 0.2) is 0 Å². The highest BCUT2D eigenvalue weighted by Crippen LogP contribution is 2.11. The van der Waals surface area contributed by atoms with Crippen LogP contribution in [0.4, 0.5) is 4.79 Å². The first-order chi connectivity index (χ1) is 7.72. The van der Waals surface area contributed by atoms with E-state index in [2.05, 4.69) is 10.6 Å². The van der Waals surface area contributed by atoms with Crippen LogP contribution in [0.15, 0.2) is 30.5 Å². The van der Waals surface area contributed by atoms with E-state index in [1.807, 2.05) is 25.1 Å². The zero-order chi connectivity index (χ0) is 11.8. The van der Waals surface area contributed by atoms with Crippen molar-refractivity contribution in [2.24, 2.45) is 0 Å². The van der Waals surface area contributed by atoms with Crippen LogP contribution >= 0.6 is 11.6 Å². The molecule has 0 fully saturated rings. The molecule has 3 nitrogen and oxygen atoms in total. The Morgan fingerprint density at radius 2 is 2.31 bits per heavy atom. The smallest absolute Gasteiger partial charge is 0.318 e. The highest BCUT2D eigenvalue weighted by Gasteiger charge is 1.93. The molecule has 2 amide bonds. The summed E-state index contributed by atoms with van der Waals surface area (Å²) >= 11 is 5.82. The van der Waals surface area contributed by atoms with Gasteiger partial charge < -0.3 is 10.6 Å². The van der Waals surface area contributed by atoms with Crippen LogP contribution in [-0.2, 0) is 0 Å². The fourth-order valence-corrected chi connectivity index (χ4v) is 1.31. The van der Waals surface area contributed by atoms with Gasteiger partial charge in [0.2, 0.25) is 0 Å². The van der Waals surface area contributed by atoms with Gasteiger partial charge in [-0.1, -0.05) is 30.7 Å². The quantitative estimate of drug-likeness (QED) is 0.832. The summed E-state index contributed by atoms with van der Waals surface area (Å²) in [5, 5.41) is 5.99. The predicted octanol–water partition coefficient (Wildman–Crippen LogP) is 3.02. The van der Waals surface area contributed by atoms with Crippen LogP contribution < -0.4 is 10.6 Å². The summed E-state index contributed by atoms with van der Waals surface area (Å²) in [6.07, 6.45) is 4.31. The minimum Gasteiger partial charge on any atom is -0.338 e. The molecule has 0 bridgehead atoms. The zero-order valence-corrected chi connectivity index (χ0v) is 9.92. The molecule has 1 rings (SSSR count). The number of rotatable bonds is 4. The highest BCUT2D eigenvalue weighted by atomic mass is 35.5. The van der Waals surface area contributed by atoms with Crippen molar-refractivity contribution in [1.82, 2.24) is 10.6 Å². The Morgan fingerprint density at radius 3 is 3.00 bits per heavy atom. The average molecular weight is 239 g/mol. The fourth-order valence-electron chi connectivity index (χ4n) is 1.11. The van der Waals surface area contributed by atoms with Crippen molar-refractivity contribution in [3.05, 3.63) is 41.1 Å². The van der Waals surface area contributed by atoms with Crippen LogP contribution in [0.2, 0.25) is 5.02 Å². The molecular formula is C12H15ClN2O. The monoisotopic (exact) mass is 238 g/mol. The number of amides is 2.